The molecule has 3 aromatic carbocycles. The van der Waals surface area contributed by atoms with Gasteiger partial charge in [-0.25, -0.2) is 0 Å². The molecule has 3 N–H and O–H groups in total. The van der Waals surface area contributed by atoms with Crippen molar-refractivity contribution in [2.75, 3.05) is 6.61 Å². The van der Waals surface area contributed by atoms with Gasteiger partial charge in [-0.15, -0.1) is 0 Å². The van der Waals surface area contributed by atoms with Crippen LogP contribution in [0, 0.1) is 0 Å². The minimum absolute atomic E-state index is 0.196. The molecule has 5 aromatic rings. The van der Waals surface area contributed by atoms with Crippen LogP contribution in [0.4, 0.5) is 0 Å². The normalized spacial score (nSPS) is 11.1. The third kappa shape index (κ3) is 4.36. The second-order valence-corrected chi connectivity index (χ2v) is 8.47. The second-order valence-electron chi connectivity index (χ2n) is 8.04. The van der Waals surface area contributed by atoms with Gasteiger partial charge in [0.05, 0.1) is 5.56 Å². The molecule has 0 atom stereocenters. The van der Waals surface area contributed by atoms with Crippen LogP contribution in [-0.4, -0.2) is 28.3 Å². The summed E-state index contributed by atoms with van der Waals surface area (Å²) in [5.41, 5.74) is 9.35. The number of H-pyrrole nitrogens is 1. The van der Waals surface area contributed by atoms with Crippen LogP contribution in [-0.2, 0) is 6.42 Å². The van der Waals surface area contributed by atoms with Crippen molar-refractivity contribution in [3.05, 3.63) is 107 Å². The molecule has 0 radical (unpaired) electrons. The molecular formula is C27H20ClN3O3. The third-order valence-corrected chi connectivity index (χ3v) is 5.94. The molecule has 0 fully saturated rings. The van der Waals surface area contributed by atoms with Crippen molar-refractivity contribution in [1.29, 1.82) is 0 Å². The Morgan fingerprint density at radius 2 is 1.85 bits per heavy atom. The lowest BCUT2D eigenvalue weighted by molar-refractivity contribution is 0.0914. The predicted octanol–water partition coefficient (Wildman–Crippen LogP) is 5.32. The molecule has 2 aromatic heterocycles. The molecule has 0 saturated carbocycles. The standard InChI is InChI=1S/C27H20ClN3O3/c28-20-5-4-18-12-26(22(27(29)33)11-19(18)10-20)34-15-25(32)23-14-31-24-9-16(3-6-21(23)24)8-17-2-1-7-30-13-17/h1-7,9-14,31H,8,15H2,(H2,29,33). The van der Waals surface area contributed by atoms with E-state index in [0.717, 1.165) is 39.2 Å². The average Bonchev–Trinajstić information content (AvgIpc) is 3.26. The molecule has 5 rings (SSSR count). The van der Waals surface area contributed by atoms with Crippen molar-refractivity contribution in [1.82, 2.24) is 9.97 Å². The fraction of sp³-hybridized carbons (Fsp3) is 0.0741. The van der Waals surface area contributed by atoms with E-state index in [1.165, 1.54) is 0 Å². The van der Waals surface area contributed by atoms with Crippen molar-refractivity contribution in [2.45, 2.75) is 6.42 Å². The quantitative estimate of drug-likeness (QED) is 0.315. The first-order chi connectivity index (χ1) is 16.5. The predicted molar refractivity (Wildman–Crippen MR) is 133 cm³/mol. The topological polar surface area (TPSA) is 98.1 Å². The molecule has 2 heterocycles. The summed E-state index contributed by atoms with van der Waals surface area (Å²) < 4.78 is 5.77. The van der Waals surface area contributed by atoms with Crippen molar-refractivity contribution >= 4 is 45.0 Å². The molecule has 6 nitrogen and oxygen atoms in total. The number of aromatic amines is 1. The summed E-state index contributed by atoms with van der Waals surface area (Å²) in [5, 5.41) is 2.95. The van der Waals surface area contributed by atoms with E-state index in [4.69, 9.17) is 22.1 Å². The third-order valence-electron chi connectivity index (χ3n) is 5.70. The average molecular weight is 470 g/mol. The van der Waals surface area contributed by atoms with Crippen LogP contribution >= 0.6 is 11.6 Å². The second kappa shape index (κ2) is 9.00. The van der Waals surface area contributed by atoms with Crippen molar-refractivity contribution < 1.29 is 14.3 Å². The largest absolute Gasteiger partial charge is 0.485 e. The number of pyridine rings is 1. The summed E-state index contributed by atoms with van der Waals surface area (Å²) in [5.74, 6) is -0.593. The van der Waals surface area contributed by atoms with Crippen LogP contribution in [0.2, 0.25) is 5.02 Å². The van der Waals surface area contributed by atoms with Gasteiger partial charge < -0.3 is 15.5 Å². The van der Waals surface area contributed by atoms with Crippen LogP contribution in [0.25, 0.3) is 21.7 Å². The van der Waals surface area contributed by atoms with E-state index in [1.807, 2.05) is 42.6 Å². The van der Waals surface area contributed by atoms with Crippen LogP contribution in [0.5, 0.6) is 5.75 Å². The lowest BCUT2D eigenvalue weighted by atomic mass is 10.0. The highest BCUT2D eigenvalue weighted by Gasteiger charge is 2.17. The summed E-state index contributed by atoms with van der Waals surface area (Å²) in [7, 11) is 0. The maximum absolute atomic E-state index is 13.0. The highest BCUT2D eigenvalue weighted by atomic mass is 35.5. The molecular weight excluding hydrogens is 450 g/mol. The number of amides is 1. The van der Waals surface area contributed by atoms with E-state index in [9.17, 15) is 9.59 Å². The smallest absolute Gasteiger partial charge is 0.252 e. The lowest BCUT2D eigenvalue weighted by Gasteiger charge is -2.11. The number of rotatable bonds is 7. The van der Waals surface area contributed by atoms with Crippen LogP contribution in [0.15, 0.2) is 79.3 Å². The number of ketones is 1. The SMILES string of the molecule is NC(=O)c1cc2cc(Cl)ccc2cc1OCC(=O)c1c[nH]c2cc(Cc3cccnc3)ccc12. The van der Waals surface area contributed by atoms with Crippen molar-refractivity contribution in [3.63, 3.8) is 0 Å². The Balaban J connectivity index is 1.37. The lowest BCUT2D eigenvalue weighted by Crippen LogP contribution is -2.16. The number of Topliss-reactive ketones (excluding diaryl/α,β-unsaturated/α-hetero) is 1. The van der Waals surface area contributed by atoms with Gasteiger partial charge in [0, 0.05) is 40.1 Å². The van der Waals surface area contributed by atoms with E-state index >= 15 is 0 Å². The molecule has 0 bridgehead atoms. The number of halogens is 1. The first kappa shape index (κ1) is 21.7. The van der Waals surface area contributed by atoms with Crippen LogP contribution < -0.4 is 10.5 Å². The molecule has 0 aliphatic carbocycles. The van der Waals surface area contributed by atoms with Gasteiger partial charge in [0.2, 0.25) is 5.78 Å². The van der Waals surface area contributed by atoms with E-state index in [2.05, 4.69) is 9.97 Å². The van der Waals surface area contributed by atoms with Crippen molar-refractivity contribution in [2.24, 2.45) is 5.73 Å². The number of benzene rings is 3. The number of ether oxygens (including phenoxy) is 1. The number of carbonyl (C=O) groups excluding carboxylic acids is 2. The van der Waals surface area contributed by atoms with Gasteiger partial charge in [0.1, 0.15) is 5.75 Å². The zero-order chi connectivity index (χ0) is 23.7. The summed E-state index contributed by atoms with van der Waals surface area (Å²) in [6.07, 6.45) is 6.02. The zero-order valence-corrected chi connectivity index (χ0v) is 18.8. The van der Waals surface area contributed by atoms with Gasteiger partial charge in [0.25, 0.3) is 5.91 Å². The Labute approximate surface area is 200 Å². The van der Waals surface area contributed by atoms with E-state index < -0.39 is 5.91 Å². The number of carbonyl (C=O) groups is 2. The van der Waals surface area contributed by atoms with Gasteiger partial charge in [-0.05, 0) is 64.7 Å². The van der Waals surface area contributed by atoms with Gasteiger partial charge in [-0.1, -0.05) is 35.9 Å². The van der Waals surface area contributed by atoms with E-state index in [1.54, 1.807) is 36.7 Å². The van der Waals surface area contributed by atoms with E-state index in [0.29, 0.717) is 10.6 Å². The summed E-state index contributed by atoms with van der Waals surface area (Å²) in [6, 6.07) is 18.5. The molecule has 0 spiro atoms. The first-order valence-electron chi connectivity index (χ1n) is 10.7. The maximum atomic E-state index is 13.0. The Morgan fingerprint density at radius 1 is 0.971 bits per heavy atom. The van der Waals surface area contributed by atoms with Gasteiger partial charge in [-0.2, -0.15) is 0 Å². The summed E-state index contributed by atoms with van der Waals surface area (Å²) in [4.78, 5) is 32.3. The Kier molecular flexibility index (Phi) is 5.74. The molecule has 0 saturated heterocycles. The zero-order valence-electron chi connectivity index (χ0n) is 18.0. The molecule has 168 valence electrons. The number of nitrogens with two attached hydrogens (primary N) is 1. The Hall–Kier alpha value is -4.16. The Morgan fingerprint density at radius 3 is 2.65 bits per heavy atom. The summed E-state index contributed by atoms with van der Waals surface area (Å²) in [6.45, 7) is -0.232. The monoisotopic (exact) mass is 469 g/mol. The van der Waals surface area contributed by atoms with Crippen LogP contribution in [0.1, 0.15) is 31.8 Å². The minimum Gasteiger partial charge on any atom is -0.485 e. The number of primary amides is 1. The van der Waals surface area contributed by atoms with Gasteiger partial charge >= 0.3 is 0 Å². The van der Waals surface area contributed by atoms with Gasteiger partial charge in [-0.3, -0.25) is 14.6 Å². The molecule has 0 unspecified atom stereocenters. The molecule has 34 heavy (non-hydrogen) atoms. The van der Waals surface area contributed by atoms with E-state index in [-0.39, 0.29) is 23.7 Å². The fourth-order valence-electron chi connectivity index (χ4n) is 4.03. The number of nitrogens with one attached hydrogen (secondary N) is 1. The molecule has 0 aliphatic heterocycles. The number of hydrogen-bond donors (Lipinski definition) is 2. The first-order valence-corrected chi connectivity index (χ1v) is 11.0. The number of nitrogens with zero attached hydrogens (tertiary/aromatic N) is 1. The van der Waals surface area contributed by atoms with Crippen LogP contribution in [0.3, 0.4) is 0 Å². The molecule has 0 aliphatic rings. The molecule has 7 heteroatoms. The highest BCUT2D eigenvalue weighted by Crippen LogP contribution is 2.29. The fourth-order valence-corrected chi connectivity index (χ4v) is 4.21. The maximum Gasteiger partial charge on any atom is 0.252 e. The van der Waals surface area contributed by atoms with Gasteiger partial charge in [0.15, 0.2) is 6.61 Å². The van der Waals surface area contributed by atoms with Crippen molar-refractivity contribution in [3.8, 4) is 5.75 Å². The Bertz CT molecular complexity index is 1540. The minimum atomic E-state index is -0.641. The number of aromatic nitrogens is 2. The molecule has 1 amide bonds. The number of fused-ring (bicyclic) bond motifs is 2. The summed E-state index contributed by atoms with van der Waals surface area (Å²) >= 11 is 6.05. The number of hydrogen-bond acceptors (Lipinski definition) is 4. The highest BCUT2D eigenvalue weighted by molar-refractivity contribution is 6.31.